The third-order valence-electron chi connectivity index (χ3n) is 5.14. The molecule has 98 valence electrons. The van der Waals surface area contributed by atoms with Crippen molar-refractivity contribution in [1.82, 2.24) is 0 Å². The van der Waals surface area contributed by atoms with Crippen LogP contribution in [0, 0.1) is 23.2 Å². The summed E-state index contributed by atoms with van der Waals surface area (Å²) in [6, 6.07) is -0.642. The minimum atomic E-state index is -0.823. The van der Waals surface area contributed by atoms with Gasteiger partial charge in [0, 0.05) is 0 Å². The largest absolute Gasteiger partial charge is 0.480 e. The maximum absolute atomic E-state index is 10.9. The van der Waals surface area contributed by atoms with Crippen molar-refractivity contribution in [2.75, 3.05) is 0 Å². The van der Waals surface area contributed by atoms with Gasteiger partial charge in [0.15, 0.2) is 0 Å². The Morgan fingerprint density at radius 3 is 1.94 bits per heavy atom. The van der Waals surface area contributed by atoms with Gasteiger partial charge in [-0.15, -0.1) is 12.4 Å². The van der Waals surface area contributed by atoms with Gasteiger partial charge in [-0.25, -0.2) is 0 Å². The molecule has 4 rings (SSSR count). The van der Waals surface area contributed by atoms with Crippen LogP contribution >= 0.6 is 12.4 Å². The molecule has 4 fully saturated rings. The molecule has 17 heavy (non-hydrogen) atoms. The smallest absolute Gasteiger partial charge is 0.320 e. The van der Waals surface area contributed by atoms with Crippen molar-refractivity contribution in [1.29, 1.82) is 0 Å². The zero-order valence-corrected chi connectivity index (χ0v) is 10.9. The summed E-state index contributed by atoms with van der Waals surface area (Å²) < 4.78 is 0. The summed E-state index contributed by atoms with van der Waals surface area (Å²) in [6.45, 7) is 0. The predicted octanol–water partition coefficient (Wildman–Crippen LogP) is 2.43. The summed E-state index contributed by atoms with van der Waals surface area (Å²) in [6.07, 6.45) is 8.68. The predicted molar refractivity (Wildman–Crippen MR) is 68.1 cm³/mol. The van der Waals surface area contributed by atoms with E-state index >= 15 is 0 Å². The van der Waals surface area contributed by atoms with Gasteiger partial charge in [-0.1, -0.05) is 0 Å². The van der Waals surface area contributed by atoms with Gasteiger partial charge in [-0.2, -0.15) is 0 Å². The summed E-state index contributed by atoms with van der Waals surface area (Å²) in [4.78, 5) is 10.9. The Balaban J connectivity index is 0.00000108. The van der Waals surface area contributed by atoms with Gasteiger partial charge in [0.05, 0.1) is 0 Å². The molecule has 0 amide bonds. The highest BCUT2D eigenvalue weighted by molar-refractivity contribution is 5.85. The number of hydrogen-bond donors (Lipinski definition) is 2. The molecule has 0 aromatic carbocycles. The van der Waals surface area contributed by atoms with Gasteiger partial charge < -0.3 is 10.8 Å². The Morgan fingerprint density at radius 1 is 1.18 bits per heavy atom. The van der Waals surface area contributed by atoms with E-state index in [1.165, 1.54) is 38.5 Å². The first-order valence-corrected chi connectivity index (χ1v) is 6.55. The molecule has 1 unspecified atom stereocenters. The number of halogens is 1. The highest BCUT2D eigenvalue weighted by Crippen LogP contribution is 2.61. The molecule has 3 N–H and O–H groups in total. The van der Waals surface area contributed by atoms with Gasteiger partial charge in [-0.05, 0) is 68.1 Å². The van der Waals surface area contributed by atoms with E-state index < -0.39 is 12.0 Å². The zero-order chi connectivity index (χ0) is 11.3. The van der Waals surface area contributed by atoms with Gasteiger partial charge in [-0.3, -0.25) is 4.79 Å². The van der Waals surface area contributed by atoms with Crippen LogP contribution in [0.1, 0.15) is 44.9 Å². The molecule has 0 heterocycles. The third kappa shape index (κ3) is 2.32. The molecule has 3 nitrogen and oxygen atoms in total. The van der Waals surface area contributed by atoms with Crippen LogP contribution < -0.4 is 5.73 Å². The Labute approximate surface area is 109 Å². The van der Waals surface area contributed by atoms with E-state index in [0.717, 1.165) is 17.8 Å². The molecule has 1 atom stereocenters. The molecule has 4 aliphatic rings. The number of aliphatic carboxylic acids is 1. The SMILES string of the molecule is Cl.NC(CC12CC3CC(CC(C3)C1)C2)C(=O)O. The maximum Gasteiger partial charge on any atom is 0.320 e. The number of carbonyl (C=O) groups is 1. The van der Waals surface area contributed by atoms with E-state index in [4.69, 9.17) is 10.8 Å². The molecule has 0 aromatic heterocycles. The van der Waals surface area contributed by atoms with E-state index in [-0.39, 0.29) is 12.4 Å². The lowest BCUT2D eigenvalue weighted by molar-refractivity contribution is -0.141. The van der Waals surface area contributed by atoms with Crippen molar-refractivity contribution in [3.63, 3.8) is 0 Å². The zero-order valence-electron chi connectivity index (χ0n) is 10.1. The maximum atomic E-state index is 10.9. The summed E-state index contributed by atoms with van der Waals surface area (Å²) in [5, 5.41) is 8.96. The molecule has 4 bridgehead atoms. The topological polar surface area (TPSA) is 63.3 Å². The molecular formula is C13H22ClNO2. The Morgan fingerprint density at radius 2 is 1.59 bits per heavy atom. The van der Waals surface area contributed by atoms with Crippen molar-refractivity contribution >= 4 is 18.4 Å². The molecule has 4 saturated carbocycles. The number of carboxylic acids is 1. The fourth-order valence-corrected chi connectivity index (χ4v) is 5.09. The van der Waals surface area contributed by atoms with Gasteiger partial charge >= 0.3 is 5.97 Å². The fourth-order valence-electron chi connectivity index (χ4n) is 5.09. The summed E-state index contributed by atoms with van der Waals surface area (Å²) in [5.41, 5.74) is 6.04. The van der Waals surface area contributed by atoms with E-state index in [9.17, 15) is 4.79 Å². The molecule has 4 heteroatoms. The molecule has 0 aliphatic heterocycles. The molecule has 0 saturated heterocycles. The average molecular weight is 260 g/mol. The molecule has 0 radical (unpaired) electrons. The summed E-state index contributed by atoms with van der Waals surface area (Å²) >= 11 is 0. The van der Waals surface area contributed by atoms with Gasteiger partial charge in [0.25, 0.3) is 0 Å². The monoisotopic (exact) mass is 259 g/mol. The van der Waals surface area contributed by atoms with E-state index in [2.05, 4.69) is 0 Å². The van der Waals surface area contributed by atoms with Crippen LogP contribution in [-0.4, -0.2) is 17.1 Å². The van der Waals surface area contributed by atoms with Crippen LogP contribution in [0.4, 0.5) is 0 Å². The molecular weight excluding hydrogens is 238 g/mol. The number of rotatable bonds is 3. The highest BCUT2D eigenvalue weighted by atomic mass is 35.5. The van der Waals surface area contributed by atoms with Gasteiger partial charge in [0.2, 0.25) is 0 Å². The normalized spacial score (nSPS) is 44.2. The lowest BCUT2D eigenvalue weighted by Crippen LogP contribution is -2.49. The molecule has 0 aromatic rings. The van der Waals surface area contributed by atoms with Crippen LogP contribution in [0.15, 0.2) is 0 Å². The minimum absolute atomic E-state index is 0. The highest BCUT2D eigenvalue weighted by Gasteiger charge is 2.51. The first-order valence-electron chi connectivity index (χ1n) is 6.55. The second-order valence-electron chi connectivity index (χ2n) is 6.57. The van der Waals surface area contributed by atoms with Crippen molar-refractivity contribution < 1.29 is 9.90 Å². The Bertz CT molecular complexity index is 283. The molecule has 0 spiro atoms. The van der Waals surface area contributed by atoms with Crippen molar-refractivity contribution in [2.24, 2.45) is 28.9 Å². The first kappa shape index (κ1) is 13.2. The Hall–Kier alpha value is -0.280. The molecule has 4 aliphatic carbocycles. The van der Waals surface area contributed by atoms with Crippen LogP contribution in [-0.2, 0) is 4.79 Å². The third-order valence-corrected chi connectivity index (χ3v) is 5.14. The van der Waals surface area contributed by atoms with Crippen molar-refractivity contribution in [3.8, 4) is 0 Å². The second-order valence-corrected chi connectivity index (χ2v) is 6.57. The lowest BCUT2D eigenvalue weighted by Gasteiger charge is -2.57. The van der Waals surface area contributed by atoms with E-state index in [0.29, 0.717) is 11.8 Å². The van der Waals surface area contributed by atoms with Gasteiger partial charge in [0.1, 0.15) is 6.04 Å². The lowest BCUT2D eigenvalue weighted by atomic mass is 9.48. The van der Waals surface area contributed by atoms with E-state index in [1.54, 1.807) is 0 Å². The van der Waals surface area contributed by atoms with Crippen LogP contribution in [0.2, 0.25) is 0 Å². The minimum Gasteiger partial charge on any atom is -0.480 e. The average Bonchev–Trinajstić information content (AvgIpc) is 2.13. The Kier molecular flexibility index (Phi) is 3.43. The standard InChI is InChI=1S/C13H21NO2.ClH/c14-11(12(15)16)7-13-4-8-1-9(5-13)3-10(2-8)6-13;/h8-11H,1-7,14H2,(H,15,16);1H. The summed E-state index contributed by atoms with van der Waals surface area (Å²) in [5.74, 6) is 1.82. The van der Waals surface area contributed by atoms with Crippen LogP contribution in [0.25, 0.3) is 0 Å². The fraction of sp³-hybridized carbons (Fsp3) is 0.923. The summed E-state index contributed by atoms with van der Waals surface area (Å²) in [7, 11) is 0. The number of nitrogens with two attached hydrogens (primary N) is 1. The van der Waals surface area contributed by atoms with Crippen molar-refractivity contribution in [3.05, 3.63) is 0 Å². The van der Waals surface area contributed by atoms with E-state index in [1.807, 2.05) is 0 Å². The van der Waals surface area contributed by atoms with Crippen LogP contribution in [0.3, 0.4) is 0 Å². The quantitative estimate of drug-likeness (QED) is 0.818. The van der Waals surface area contributed by atoms with Crippen LogP contribution in [0.5, 0.6) is 0 Å². The number of hydrogen-bond acceptors (Lipinski definition) is 2. The first-order chi connectivity index (χ1) is 7.56. The van der Waals surface area contributed by atoms with Crippen molar-refractivity contribution in [2.45, 2.75) is 51.0 Å². The number of carboxylic acid groups (broad SMARTS) is 1. The second kappa shape index (κ2) is 4.43.